The van der Waals surface area contributed by atoms with E-state index in [9.17, 15) is 14.0 Å². The predicted octanol–water partition coefficient (Wildman–Crippen LogP) is 4.17. The summed E-state index contributed by atoms with van der Waals surface area (Å²) in [5.74, 6) is -0.0876. The van der Waals surface area contributed by atoms with Gasteiger partial charge in [0.15, 0.2) is 0 Å². The van der Waals surface area contributed by atoms with Crippen LogP contribution in [0.2, 0.25) is 0 Å². The molecule has 1 fully saturated rings. The van der Waals surface area contributed by atoms with Crippen molar-refractivity contribution >= 4 is 39.9 Å². The first-order valence-electron chi connectivity index (χ1n) is 11.8. The molecule has 36 heavy (non-hydrogen) atoms. The minimum absolute atomic E-state index is 0.231. The van der Waals surface area contributed by atoms with Gasteiger partial charge in [0.2, 0.25) is 11.8 Å². The summed E-state index contributed by atoms with van der Waals surface area (Å²) in [5, 5.41) is 8.98. The lowest BCUT2D eigenvalue weighted by Gasteiger charge is -2.26. The number of methoxy groups -OCH3 is 1. The highest BCUT2D eigenvalue weighted by Gasteiger charge is 2.38. The number of aromatic nitrogens is 2. The van der Waals surface area contributed by atoms with Crippen molar-refractivity contribution in [1.29, 1.82) is 0 Å². The molecular formula is C26H30FN5O4. The zero-order chi connectivity index (χ0) is 25.7. The van der Waals surface area contributed by atoms with Crippen LogP contribution in [-0.4, -0.2) is 47.6 Å². The van der Waals surface area contributed by atoms with E-state index < -0.39 is 11.7 Å². The Kier molecular flexibility index (Phi) is 7.64. The number of benzene rings is 2. The van der Waals surface area contributed by atoms with Crippen LogP contribution < -0.4 is 20.7 Å². The molecule has 0 spiro atoms. The molecule has 0 unspecified atom stereocenters. The van der Waals surface area contributed by atoms with Crippen molar-refractivity contribution in [3.8, 4) is 5.75 Å². The number of fused-ring (bicyclic) bond motifs is 1. The number of rotatable bonds is 11. The standard InChI is InChI=1S/C26H30FN5O4/c1-26(2,16-4-5-16)32-23(34)14-22(33)30-17-6-8-18(9-7-17)31-25-24-20(27)12-19(36-11-10-35-3)13-21(24)28-15-29-25/h6-9,12-13,15-16H,4-5,10-11,14H2,1-3H3,(H,30,33)(H,32,34)(H,28,29,31). The minimum atomic E-state index is -0.518. The monoisotopic (exact) mass is 495 g/mol. The van der Waals surface area contributed by atoms with Gasteiger partial charge in [-0.2, -0.15) is 0 Å². The van der Waals surface area contributed by atoms with Crippen molar-refractivity contribution in [3.05, 3.63) is 48.5 Å². The van der Waals surface area contributed by atoms with Gasteiger partial charge in [0.1, 0.15) is 36.7 Å². The summed E-state index contributed by atoms with van der Waals surface area (Å²) in [7, 11) is 1.56. The lowest BCUT2D eigenvalue weighted by Crippen LogP contribution is -2.46. The van der Waals surface area contributed by atoms with Gasteiger partial charge in [-0.05, 0) is 56.9 Å². The van der Waals surface area contributed by atoms with E-state index in [0.29, 0.717) is 47.6 Å². The van der Waals surface area contributed by atoms with Crippen LogP contribution in [0.25, 0.3) is 10.9 Å². The van der Waals surface area contributed by atoms with Crippen molar-refractivity contribution < 1.29 is 23.5 Å². The maximum Gasteiger partial charge on any atom is 0.233 e. The number of halogens is 1. The summed E-state index contributed by atoms with van der Waals surface area (Å²) < 4.78 is 25.3. The number of nitrogens with zero attached hydrogens (tertiary/aromatic N) is 2. The van der Waals surface area contributed by atoms with Gasteiger partial charge in [0.05, 0.1) is 17.5 Å². The summed E-state index contributed by atoms with van der Waals surface area (Å²) >= 11 is 0. The van der Waals surface area contributed by atoms with Crippen LogP contribution in [-0.2, 0) is 14.3 Å². The lowest BCUT2D eigenvalue weighted by molar-refractivity contribution is -0.128. The molecule has 10 heteroatoms. The molecule has 1 aliphatic rings. The second-order valence-electron chi connectivity index (χ2n) is 9.33. The number of ether oxygens (including phenoxy) is 2. The summed E-state index contributed by atoms with van der Waals surface area (Å²) in [5.41, 5.74) is 1.27. The Labute approximate surface area is 208 Å². The Morgan fingerprint density at radius 3 is 2.47 bits per heavy atom. The first kappa shape index (κ1) is 25.3. The van der Waals surface area contributed by atoms with Crippen molar-refractivity contribution in [3.63, 3.8) is 0 Å². The molecule has 0 radical (unpaired) electrons. The average Bonchev–Trinajstić information content (AvgIpc) is 3.66. The first-order chi connectivity index (χ1) is 17.2. The highest BCUT2D eigenvalue weighted by Crippen LogP contribution is 2.39. The zero-order valence-corrected chi connectivity index (χ0v) is 20.6. The number of amides is 2. The Hall–Kier alpha value is -3.79. The van der Waals surface area contributed by atoms with E-state index >= 15 is 0 Å². The normalized spacial score (nSPS) is 13.3. The Bertz CT molecular complexity index is 1250. The van der Waals surface area contributed by atoms with Crippen LogP contribution in [0.1, 0.15) is 33.1 Å². The molecule has 1 heterocycles. The summed E-state index contributed by atoms with van der Waals surface area (Å²) in [4.78, 5) is 32.9. The fourth-order valence-electron chi connectivity index (χ4n) is 3.97. The minimum Gasteiger partial charge on any atom is -0.491 e. The van der Waals surface area contributed by atoms with Gasteiger partial charge in [-0.1, -0.05) is 0 Å². The van der Waals surface area contributed by atoms with Gasteiger partial charge < -0.3 is 25.4 Å². The fourth-order valence-corrected chi connectivity index (χ4v) is 3.97. The second kappa shape index (κ2) is 10.9. The summed E-state index contributed by atoms with van der Waals surface area (Å²) in [6.07, 6.45) is 3.29. The third kappa shape index (κ3) is 6.45. The highest BCUT2D eigenvalue weighted by molar-refractivity contribution is 6.03. The van der Waals surface area contributed by atoms with E-state index in [-0.39, 0.29) is 23.3 Å². The Morgan fingerprint density at radius 2 is 1.78 bits per heavy atom. The second-order valence-corrected chi connectivity index (χ2v) is 9.33. The van der Waals surface area contributed by atoms with E-state index in [1.807, 2.05) is 13.8 Å². The van der Waals surface area contributed by atoms with E-state index in [2.05, 4.69) is 25.9 Å². The van der Waals surface area contributed by atoms with Gasteiger partial charge in [-0.25, -0.2) is 14.4 Å². The average molecular weight is 496 g/mol. The van der Waals surface area contributed by atoms with Crippen LogP contribution in [0.15, 0.2) is 42.7 Å². The van der Waals surface area contributed by atoms with Crippen molar-refractivity contribution in [2.45, 2.75) is 38.6 Å². The molecule has 1 saturated carbocycles. The van der Waals surface area contributed by atoms with Gasteiger partial charge in [-0.15, -0.1) is 0 Å². The molecule has 0 bridgehead atoms. The SMILES string of the molecule is COCCOc1cc(F)c2c(Nc3ccc(NC(=O)CC(=O)NC(C)(C)C4CC4)cc3)ncnc2c1. The summed E-state index contributed by atoms with van der Waals surface area (Å²) in [6, 6.07) is 9.75. The Balaban J connectivity index is 1.37. The number of anilines is 3. The largest absolute Gasteiger partial charge is 0.491 e. The molecule has 9 nitrogen and oxygen atoms in total. The molecule has 1 aromatic heterocycles. The number of nitrogens with one attached hydrogen (secondary N) is 3. The van der Waals surface area contributed by atoms with Crippen LogP contribution in [0.3, 0.4) is 0 Å². The topological polar surface area (TPSA) is 114 Å². The first-order valence-corrected chi connectivity index (χ1v) is 11.8. The van der Waals surface area contributed by atoms with E-state index in [4.69, 9.17) is 9.47 Å². The number of hydrogen-bond acceptors (Lipinski definition) is 7. The number of hydrogen-bond donors (Lipinski definition) is 3. The van der Waals surface area contributed by atoms with E-state index in [1.165, 1.54) is 12.4 Å². The molecule has 1 aliphatic carbocycles. The van der Waals surface area contributed by atoms with Crippen molar-refractivity contribution in [2.24, 2.45) is 5.92 Å². The maximum atomic E-state index is 14.9. The van der Waals surface area contributed by atoms with Gasteiger partial charge in [-0.3, -0.25) is 9.59 Å². The molecule has 2 amide bonds. The predicted molar refractivity (Wildman–Crippen MR) is 135 cm³/mol. The van der Waals surface area contributed by atoms with Crippen LogP contribution >= 0.6 is 0 Å². The summed E-state index contributed by atoms with van der Waals surface area (Å²) in [6.45, 7) is 4.64. The molecule has 0 saturated heterocycles. The lowest BCUT2D eigenvalue weighted by atomic mass is 9.98. The molecule has 4 rings (SSSR count). The van der Waals surface area contributed by atoms with E-state index in [1.54, 1.807) is 37.4 Å². The van der Waals surface area contributed by atoms with Crippen molar-refractivity contribution in [2.75, 3.05) is 31.0 Å². The van der Waals surface area contributed by atoms with Crippen LogP contribution in [0.4, 0.5) is 21.6 Å². The van der Waals surface area contributed by atoms with Crippen molar-refractivity contribution in [1.82, 2.24) is 15.3 Å². The fraction of sp³-hybridized carbons (Fsp3) is 0.385. The van der Waals surface area contributed by atoms with Gasteiger partial charge >= 0.3 is 0 Å². The third-order valence-electron chi connectivity index (χ3n) is 6.03. The molecule has 3 N–H and O–H groups in total. The molecule has 0 atom stereocenters. The third-order valence-corrected chi connectivity index (χ3v) is 6.03. The van der Waals surface area contributed by atoms with Crippen LogP contribution in [0, 0.1) is 11.7 Å². The molecule has 190 valence electrons. The molecule has 3 aromatic rings. The maximum absolute atomic E-state index is 14.9. The van der Waals surface area contributed by atoms with Crippen LogP contribution in [0.5, 0.6) is 5.75 Å². The van der Waals surface area contributed by atoms with Gasteiger partial charge in [0.25, 0.3) is 0 Å². The molecule has 0 aliphatic heterocycles. The Morgan fingerprint density at radius 1 is 1.06 bits per heavy atom. The highest BCUT2D eigenvalue weighted by atomic mass is 19.1. The van der Waals surface area contributed by atoms with E-state index in [0.717, 1.165) is 12.8 Å². The smallest absolute Gasteiger partial charge is 0.233 e. The number of carbonyl (C=O) groups is 2. The zero-order valence-electron chi connectivity index (χ0n) is 20.6. The quantitative estimate of drug-likeness (QED) is 0.270. The molecular weight excluding hydrogens is 465 g/mol. The molecule has 2 aromatic carbocycles. The van der Waals surface area contributed by atoms with Gasteiger partial charge in [0, 0.05) is 36.2 Å². The number of carbonyl (C=O) groups excluding carboxylic acids is 2.